The van der Waals surface area contributed by atoms with Crippen molar-refractivity contribution < 1.29 is 8.42 Å². The molecule has 1 saturated heterocycles. The lowest BCUT2D eigenvalue weighted by atomic mass is 9.85. The van der Waals surface area contributed by atoms with Gasteiger partial charge in [0.05, 0.1) is 11.5 Å². The van der Waals surface area contributed by atoms with Crippen LogP contribution < -0.4 is 10.6 Å². The molecular weight excluding hydrogens is 505 g/mol. The first-order valence-electron chi connectivity index (χ1n) is 7.65. The van der Waals surface area contributed by atoms with E-state index < -0.39 is 9.84 Å². The van der Waals surface area contributed by atoms with Gasteiger partial charge in [0.25, 0.3) is 0 Å². The van der Waals surface area contributed by atoms with Crippen molar-refractivity contribution in [1.82, 2.24) is 10.6 Å². The van der Waals surface area contributed by atoms with E-state index >= 15 is 0 Å². The molecule has 1 aliphatic heterocycles. The van der Waals surface area contributed by atoms with E-state index in [-0.39, 0.29) is 46.9 Å². The fourth-order valence-electron chi connectivity index (χ4n) is 2.61. The number of guanidine groups is 1. The summed E-state index contributed by atoms with van der Waals surface area (Å²) in [6.45, 7) is 5.02. The van der Waals surface area contributed by atoms with Crippen LogP contribution in [0.1, 0.15) is 25.8 Å². The second-order valence-electron chi connectivity index (χ2n) is 6.56. The molecule has 1 aromatic carbocycles. The highest BCUT2D eigenvalue weighted by Crippen LogP contribution is 2.25. The van der Waals surface area contributed by atoms with Crippen molar-refractivity contribution in [2.45, 2.75) is 31.7 Å². The van der Waals surface area contributed by atoms with E-state index in [1.165, 1.54) is 5.56 Å². The van der Waals surface area contributed by atoms with E-state index in [0.29, 0.717) is 18.9 Å². The molecule has 0 spiro atoms. The number of nitrogens with one attached hydrogen (secondary N) is 2. The molecule has 1 unspecified atom stereocenters. The Balaban J connectivity index is 0.00000288. The number of hydrogen-bond donors (Lipinski definition) is 2. The topological polar surface area (TPSA) is 70.6 Å². The second kappa shape index (κ2) is 8.84. The first-order chi connectivity index (χ1) is 10.7. The Morgan fingerprint density at radius 3 is 2.67 bits per heavy atom. The van der Waals surface area contributed by atoms with Gasteiger partial charge in [-0.05, 0) is 24.1 Å². The SMILES string of the molecule is CN=C(NCC(C)(C)c1cccc(Br)c1)NC1CCS(=O)(=O)C1.I. The summed E-state index contributed by atoms with van der Waals surface area (Å²) in [4.78, 5) is 4.20. The van der Waals surface area contributed by atoms with Crippen molar-refractivity contribution >= 4 is 55.7 Å². The Morgan fingerprint density at radius 1 is 1.42 bits per heavy atom. The van der Waals surface area contributed by atoms with Crippen LogP contribution in [0.15, 0.2) is 33.7 Å². The van der Waals surface area contributed by atoms with Crippen molar-refractivity contribution in [3.8, 4) is 0 Å². The van der Waals surface area contributed by atoms with Crippen molar-refractivity contribution in [3.63, 3.8) is 0 Å². The van der Waals surface area contributed by atoms with Gasteiger partial charge in [0.15, 0.2) is 15.8 Å². The molecule has 1 heterocycles. The van der Waals surface area contributed by atoms with Crippen LogP contribution in [0.2, 0.25) is 0 Å². The lowest BCUT2D eigenvalue weighted by molar-refractivity contribution is 0.505. The minimum Gasteiger partial charge on any atom is -0.356 e. The van der Waals surface area contributed by atoms with Gasteiger partial charge in [-0.2, -0.15) is 0 Å². The van der Waals surface area contributed by atoms with E-state index in [1.54, 1.807) is 7.05 Å². The summed E-state index contributed by atoms with van der Waals surface area (Å²) in [5.74, 6) is 1.09. The molecule has 24 heavy (non-hydrogen) atoms. The van der Waals surface area contributed by atoms with Crippen LogP contribution in [0.4, 0.5) is 0 Å². The fourth-order valence-corrected chi connectivity index (χ4v) is 4.69. The average Bonchev–Trinajstić information content (AvgIpc) is 2.82. The third-order valence-electron chi connectivity index (χ3n) is 4.10. The summed E-state index contributed by atoms with van der Waals surface area (Å²) in [7, 11) is -1.19. The van der Waals surface area contributed by atoms with Crippen LogP contribution in [0.5, 0.6) is 0 Å². The predicted molar refractivity (Wildman–Crippen MR) is 114 cm³/mol. The molecule has 2 rings (SSSR count). The summed E-state index contributed by atoms with van der Waals surface area (Å²) in [5, 5.41) is 6.52. The van der Waals surface area contributed by atoms with Gasteiger partial charge < -0.3 is 10.6 Å². The Morgan fingerprint density at radius 2 is 2.12 bits per heavy atom. The van der Waals surface area contributed by atoms with Gasteiger partial charge in [-0.3, -0.25) is 4.99 Å². The monoisotopic (exact) mass is 529 g/mol. The van der Waals surface area contributed by atoms with E-state index in [4.69, 9.17) is 0 Å². The van der Waals surface area contributed by atoms with Crippen LogP contribution in [0, 0.1) is 0 Å². The van der Waals surface area contributed by atoms with Crippen LogP contribution in [-0.4, -0.2) is 45.5 Å². The molecule has 1 atom stereocenters. The number of aliphatic imine (C=N–C) groups is 1. The lowest BCUT2D eigenvalue weighted by Gasteiger charge is -2.27. The van der Waals surface area contributed by atoms with E-state index in [0.717, 1.165) is 4.47 Å². The largest absolute Gasteiger partial charge is 0.356 e. The van der Waals surface area contributed by atoms with E-state index in [9.17, 15) is 8.42 Å². The first kappa shape index (κ1) is 21.7. The molecule has 2 N–H and O–H groups in total. The molecule has 0 saturated carbocycles. The van der Waals surface area contributed by atoms with E-state index in [2.05, 4.69) is 57.5 Å². The number of rotatable bonds is 4. The van der Waals surface area contributed by atoms with Gasteiger partial charge in [-0.1, -0.05) is 41.9 Å². The highest BCUT2D eigenvalue weighted by Gasteiger charge is 2.29. The van der Waals surface area contributed by atoms with Gasteiger partial charge in [0.2, 0.25) is 0 Å². The van der Waals surface area contributed by atoms with Gasteiger partial charge in [-0.15, -0.1) is 24.0 Å². The summed E-state index contributed by atoms with van der Waals surface area (Å²) in [6, 6.07) is 8.19. The smallest absolute Gasteiger partial charge is 0.191 e. The van der Waals surface area contributed by atoms with Gasteiger partial charge >= 0.3 is 0 Å². The zero-order chi connectivity index (χ0) is 17.1. The Labute approximate surface area is 170 Å². The van der Waals surface area contributed by atoms with Gasteiger partial charge in [0, 0.05) is 29.5 Å². The Kier molecular flexibility index (Phi) is 7.99. The van der Waals surface area contributed by atoms with Crippen LogP contribution >= 0.6 is 39.9 Å². The first-order valence-corrected chi connectivity index (χ1v) is 10.3. The molecule has 0 aliphatic carbocycles. The maximum absolute atomic E-state index is 11.5. The van der Waals surface area contributed by atoms with E-state index in [1.807, 2.05) is 12.1 Å². The highest BCUT2D eigenvalue weighted by atomic mass is 127. The van der Waals surface area contributed by atoms with Crippen molar-refractivity contribution in [3.05, 3.63) is 34.3 Å². The molecular formula is C16H25BrIN3O2S. The fraction of sp³-hybridized carbons (Fsp3) is 0.562. The van der Waals surface area contributed by atoms with Crippen molar-refractivity contribution in [1.29, 1.82) is 0 Å². The third kappa shape index (κ3) is 6.18. The lowest BCUT2D eigenvalue weighted by Crippen LogP contribution is -2.47. The summed E-state index contributed by atoms with van der Waals surface area (Å²) in [5.41, 5.74) is 1.14. The maximum Gasteiger partial charge on any atom is 0.191 e. The van der Waals surface area contributed by atoms with Crippen LogP contribution in [-0.2, 0) is 15.3 Å². The minimum atomic E-state index is -2.89. The quantitative estimate of drug-likeness (QED) is 0.357. The molecule has 1 aliphatic rings. The molecule has 136 valence electrons. The van der Waals surface area contributed by atoms with Crippen LogP contribution in [0.25, 0.3) is 0 Å². The van der Waals surface area contributed by atoms with Gasteiger partial charge in [0.1, 0.15) is 0 Å². The Hall–Kier alpha value is -0.350. The molecule has 0 bridgehead atoms. The average molecular weight is 530 g/mol. The summed E-state index contributed by atoms with van der Waals surface area (Å²) < 4.78 is 24.1. The predicted octanol–water partition coefficient (Wildman–Crippen LogP) is 2.70. The van der Waals surface area contributed by atoms with Crippen molar-refractivity contribution in [2.24, 2.45) is 4.99 Å². The number of sulfone groups is 1. The molecule has 8 heteroatoms. The zero-order valence-corrected chi connectivity index (χ0v) is 18.9. The highest BCUT2D eigenvalue weighted by molar-refractivity contribution is 14.0. The van der Waals surface area contributed by atoms with Gasteiger partial charge in [-0.25, -0.2) is 8.42 Å². The summed E-state index contributed by atoms with van der Waals surface area (Å²) in [6.07, 6.45) is 0.637. The maximum atomic E-state index is 11.5. The van der Waals surface area contributed by atoms with Crippen LogP contribution in [0.3, 0.4) is 0 Å². The standard InChI is InChI=1S/C16H24BrN3O2S.HI/c1-16(2,12-5-4-6-13(17)9-12)11-19-15(18-3)20-14-7-8-23(21,22)10-14;/h4-6,9,14H,7-8,10-11H2,1-3H3,(H2,18,19,20);1H. The number of benzene rings is 1. The molecule has 0 radical (unpaired) electrons. The Bertz CT molecular complexity index is 692. The minimum absolute atomic E-state index is 0. The zero-order valence-electron chi connectivity index (χ0n) is 14.2. The molecule has 5 nitrogen and oxygen atoms in total. The third-order valence-corrected chi connectivity index (χ3v) is 6.36. The number of nitrogens with zero attached hydrogens (tertiary/aromatic N) is 1. The molecule has 0 aromatic heterocycles. The number of hydrogen-bond acceptors (Lipinski definition) is 3. The molecule has 1 fully saturated rings. The van der Waals surface area contributed by atoms with Crippen molar-refractivity contribution in [2.75, 3.05) is 25.1 Å². The number of halogens is 2. The second-order valence-corrected chi connectivity index (χ2v) is 9.71. The summed E-state index contributed by atoms with van der Waals surface area (Å²) >= 11 is 3.50. The molecule has 1 aromatic rings. The normalized spacial score (nSPS) is 20.3. The molecule has 0 amide bonds.